The van der Waals surface area contributed by atoms with E-state index in [9.17, 15) is 8.78 Å². The lowest BCUT2D eigenvalue weighted by Gasteiger charge is -2.12. The fourth-order valence-corrected chi connectivity index (χ4v) is 2.07. The Bertz CT molecular complexity index is 709. The third-order valence-corrected chi connectivity index (χ3v) is 3.24. The van der Waals surface area contributed by atoms with E-state index in [1.807, 2.05) is 32.0 Å². The summed E-state index contributed by atoms with van der Waals surface area (Å²) in [5.74, 6) is -1.81. The SMILES string of the molecule is Cc1cccc(C)c1NC(=S)N/N=C/c1ccc(F)c(F)c1. The molecule has 0 unspecified atom stereocenters. The van der Waals surface area contributed by atoms with Crippen molar-refractivity contribution in [1.29, 1.82) is 0 Å². The zero-order valence-electron chi connectivity index (χ0n) is 12.2. The number of halogens is 2. The maximum absolute atomic E-state index is 13.0. The van der Waals surface area contributed by atoms with Crippen LogP contribution in [0.3, 0.4) is 0 Å². The number of nitrogens with zero attached hydrogens (tertiary/aromatic N) is 1. The van der Waals surface area contributed by atoms with Crippen LogP contribution in [0.2, 0.25) is 0 Å². The van der Waals surface area contributed by atoms with Crippen LogP contribution in [-0.4, -0.2) is 11.3 Å². The molecular weight excluding hydrogens is 304 g/mol. The van der Waals surface area contributed by atoms with Crippen molar-refractivity contribution in [2.75, 3.05) is 5.32 Å². The molecule has 0 atom stereocenters. The second-order valence-corrected chi connectivity index (χ2v) is 5.17. The van der Waals surface area contributed by atoms with Gasteiger partial charge in [-0.15, -0.1) is 0 Å². The zero-order chi connectivity index (χ0) is 16.1. The van der Waals surface area contributed by atoms with Gasteiger partial charge in [0.05, 0.1) is 6.21 Å². The third kappa shape index (κ3) is 4.08. The molecule has 3 nitrogen and oxygen atoms in total. The summed E-state index contributed by atoms with van der Waals surface area (Å²) in [5.41, 5.74) is 6.12. The van der Waals surface area contributed by atoms with Crippen molar-refractivity contribution in [3.05, 3.63) is 64.7 Å². The molecule has 0 radical (unpaired) electrons. The number of hydrogen-bond acceptors (Lipinski definition) is 2. The molecule has 2 aromatic rings. The van der Waals surface area contributed by atoms with Gasteiger partial charge in [0.25, 0.3) is 0 Å². The molecule has 2 N–H and O–H groups in total. The van der Waals surface area contributed by atoms with Gasteiger partial charge in [-0.3, -0.25) is 5.43 Å². The minimum Gasteiger partial charge on any atom is -0.331 e. The fourth-order valence-electron chi connectivity index (χ4n) is 1.91. The van der Waals surface area contributed by atoms with E-state index < -0.39 is 11.6 Å². The second-order valence-electron chi connectivity index (χ2n) is 4.76. The molecule has 0 aliphatic carbocycles. The normalized spacial score (nSPS) is 10.7. The monoisotopic (exact) mass is 319 g/mol. The molecule has 0 amide bonds. The van der Waals surface area contributed by atoms with E-state index in [2.05, 4.69) is 15.8 Å². The second kappa shape index (κ2) is 7.09. The number of anilines is 1. The van der Waals surface area contributed by atoms with Crippen molar-refractivity contribution < 1.29 is 8.78 Å². The highest BCUT2D eigenvalue weighted by molar-refractivity contribution is 7.80. The van der Waals surface area contributed by atoms with E-state index in [0.29, 0.717) is 10.7 Å². The lowest BCUT2D eigenvalue weighted by Crippen LogP contribution is -2.24. The maximum atomic E-state index is 13.0. The average molecular weight is 319 g/mol. The summed E-state index contributed by atoms with van der Waals surface area (Å²) in [6.07, 6.45) is 1.36. The molecule has 0 saturated carbocycles. The Balaban J connectivity index is 1.98. The molecule has 0 fully saturated rings. The number of nitrogens with one attached hydrogen (secondary N) is 2. The quantitative estimate of drug-likeness (QED) is 0.512. The summed E-state index contributed by atoms with van der Waals surface area (Å²) in [4.78, 5) is 0. The number of rotatable bonds is 3. The van der Waals surface area contributed by atoms with Crippen molar-refractivity contribution in [1.82, 2.24) is 5.43 Å². The first-order valence-electron chi connectivity index (χ1n) is 6.58. The predicted octanol–water partition coefficient (Wildman–Crippen LogP) is 3.90. The molecule has 0 aromatic heterocycles. The van der Waals surface area contributed by atoms with E-state index in [-0.39, 0.29) is 0 Å². The highest BCUT2D eigenvalue weighted by Crippen LogP contribution is 2.19. The van der Waals surface area contributed by atoms with E-state index in [4.69, 9.17) is 12.2 Å². The van der Waals surface area contributed by atoms with Crippen LogP contribution in [0.1, 0.15) is 16.7 Å². The number of benzene rings is 2. The molecule has 114 valence electrons. The van der Waals surface area contributed by atoms with E-state index in [1.54, 1.807) is 0 Å². The average Bonchev–Trinajstić information content (AvgIpc) is 2.47. The zero-order valence-corrected chi connectivity index (χ0v) is 13.0. The van der Waals surface area contributed by atoms with Crippen molar-refractivity contribution in [2.24, 2.45) is 5.10 Å². The molecule has 22 heavy (non-hydrogen) atoms. The van der Waals surface area contributed by atoms with Gasteiger partial charge in [-0.1, -0.05) is 24.3 Å². The van der Waals surface area contributed by atoms with Crippen LogP contribution in [0.4, 0.5) is 14.5 Å². The molecule has 0 aliphatic rings. The molecule has 0 bridgehead atoms. The van der Waals surface area contributed by atoms with Crippen molar-refractivity contribution in [2.45, 2.75) is 13.8 Å². The highest BCUT2D eigenvalue weighted by atomic mass is 32.1. The largest absolute Gasteiger partial charge is 0.331 e. The van der Waals surface area contributed by atoms with Crippen LogP contribution in [0.15, 0.2) is 41.5 Å². The Hall–Kier alpha value is -2.34. The summed E-state index contributed by atoms with van der Waals surface area (Å²) in [6.45, 7) is 3.95. The summed E-state index contributed by atoms with van der Waals surface area (Å²) in [5, 5.41) is 7.27. The highest BCUT2D eigenvalue weighted by Gasteiger charge is 2.03. The van der Waals surface area contributed by atoms with E-state index in [0.717, 1.165) is 28.9 Å². The number of hydrazone groups is 1. The Labute approximate surface area is 133 Å². The van der Waals surface area contributed by atoms with Gasteiger partial charge in [-0.2, -0.15) is 5.10 Å². The van der Waals surface area contributed by atoms with Gasteiger partial charge >= 0.3 is 0 Å². The standard InChI is InChI=1S/C16H15F2N3S/c1-10-4-3-5-11(2)15(10)20-16(22)21-19-9-12-6-7-13(17)14(18)8-12/h3-9H,1-2H3,(H2,20,21,22)/b19-9+. The summed E-state index contributed by atoms with van der Waals surface area (Å²) in [6, 6.07) is 9.44. The molecule has 0 saturated heterocycles. The van der Waals surface area contributed by atoms with Gasteiger partial charge in [0.2, 0.25) is 0 Å². The van der Waals surface area contributed by atoms with Crippen LogP contribution in [0, 0.1) is 25.5 Å². The number of para-hydroxylation sites is 1. The smallest absolute Gasteiger partial charge is 0.191 e. The molecular formula is C16H15F2N3S. The number of thiocarbonyl (C=S) groups is 1. The van der Waals surface area contributed by atoms with Gasteiger partial charge in [0.15, 0.2) is 16.7 Å². The third-order valence-electron chi connectivity index (χ3n) is 3.04. The lowest BCUT2D eigenvalue weighted by atomic mass is 10.1. The number of aryl methyl sites for hydroxylation is 2. The summed E-state index contributed by atoms with van der Waals surface area (Å²) in [7, 11) is 0. The Morgan fingerprint density at radius 1 is 1.09 bits per heavy atom. The van der Waals surface area contributed by atoms with Crippen molar-refractivity contribution in [3.8, 4) is 0 Å². The fraction of sp³-hybridized carbons (Fsp3) is 0.125. The molecule has 0 aliphatic heterocycles. The van der Waals surface area contributed by atoms with Gasteiger partial charge in [0.1, 0.15) is 0 Å². The van der Waals surface area contributed by atoms with Crippen molar-refractivity contribution >= 4 is 29.2 Å². The molecule has 2 aromatic carbocycles. The number of hydrogen-bond donors (Lipinski definition) is 2. The van der Waals surface area contributed by atoms with Gasteiger partial charge in [0, 0.05) is 5.69 Å². The first kappa shape index (κ1) is 16.0. The summed E-state index contributed by atoms with van der Waals surface area (Å²) < 4.78 is 25.8. The van der Waals surface area contributed by atoms with Gasteiger partial charge in [-0.05, 0) is 54.9 Å². The van der Waals surface area contributed by atoms with Crippen LogP contribution in [-0.2, 0) is 0 Å². The Kier molecular flexibility index (Phi) is 5.16. The first-order chi connectivity index (χ1) is 10.5. The minimum atomic E-state index is -0.916. The van der Waals surface area contributed by atoms with Gasteiger partial charge < -0.3 is 5.32 Å². The molecule has 2 rings (SSSR count). The van der Waals surface area contributed by atoms with Crippen LogP contribution >= 0.6 is 12.2 Å². The minimum absolute atomic E-state index is 0.316. The summed E-state index contributed by atoms with van der Waals surface area (Å²) >= 11 is 5.15. The Morgan fingerprint density at radius 2 is 1.77 bits per heavy atom. The first-order valence-corrected chi connectivity index (χ1v) is 6.99. The molecule has 6 heteroatoms. The lowest BCUT2D eigenvalue weighted by molar-refractivity contribution is 0.508. The maximum Gasteiger partial charge on any atom is 0.191 e. The molecule has 0 spiro atoms. The molecule has 0 heterocycles. The predicted molar refractivity (Wildman–Crippen MR) is 89.2 cm³/mol. The van der Waals surface area contributed by atoms with E-state index >= 15 is 0 Å². The topological polar surface area (TPSA) is 36.4 Å². The Morgan fingerprint density at radius 3 is 2.41 bits per heavy atom. The van der Waals surface area contributed by atoms with Crippen LogP contribution in [0.25, 0.3) is 0 Å². The van der Waals surface area contributed by atoms with Crippen molar-refractivity contribution in [3.63, 3.8) is 0 Å². The van der Waals surface area contributed by atoms with Crippen LogP contribution in [0.5, 0.6) is 0 Å². The van der Waals surface area contributed by atoms with E-state index in [1.165, 1.54) is 12.3 Å². The van der Waals surface area contributed by atoms with Gasteiger partial charge in [-0.25, -0.2) is 8.78 Å². The van der Waals surface area contributed by atoms with Crippen LogP contribution < -0.4 is 10.7 Å².